The van der Waals surface area contributed by atoms with Gasteiger partial charge in [0.15, 0.2) is 0 Å². The van der Waals surface area contributed by atoms with Crippen LogP contribution in [0.15, 0.2) is 121 Å². The molecule has 0 amide bonds. The summed E-state index contributed by atoms with van der Waals surface area (Å²) in [5, 5.41) is 28.1. The number of benzene rings is 5. The molecule has 39 heavy (non-hydrogen) atoms. The van der Waals surface area contributed by atoms with Crippen LogP contribution >= 0.6 is 0 Å². The van der Waals surface area contributed by atoms with E-state index in [4.69, 9.17) is 0 Å². The van der Waals surface area contributed by atoms with Crippen molar-refractivity contribution in [1.29, 1.82) is 0 Å². The predicted molar refractivity (Wildman–Crippen MR) is 160 cm³/mol. The van der Waals surface area contributed by atoms with Crippen LogP contribution in [0.1, 0.15) is 27.8 Å². The summed E-state index contributed by atoms with van der Waals surface area (Å²) in [4.78, 5) is 2.20. The van der Waals surface area contributed by atoms with Crippen molar-refractivity contribution in [2.75, 3.05) is 4.90 Å². The number of anilines is 3. The Morgan fingerprint density at radius 2 is 0.667 bits per heavy atom. The van der Waals surface area contributed by atoms with E-state index in [1.165, 1.54) is 0 Å². The van der Waals surface area contributed by atoms with Gasteiger partial charge in [-0.1, -0.05) is 97.1 Å². The Balaban J connectivity index is 1.43. The van der Waals surface area contributed by atoms with Crippen molar-refractivity contribution >= 4 is 29.2 Å². The number of hydrogen-bond acceptors (Lipinski definition) is 4. The molecule has 0 atom stereocenters. The molecule has 0 saturated carbocycles. The molecule has 0 unspecified atom stereocenters. The zero-order valence-electron chi connectivity index (χ0n) is 21.6. The fourth-order valence-electron chi connectivity index (χ4n) is 4.46. The van der Waals surface area contributed by atoms with Gasteiger partial charge >= 0.3 is 0 Å². The fraction of sp³-hybridized carbons (Fsp3) is 0.0857. The van der Waals surface area contributed by atoms with E-state index in [2.05, 4.69) is 65.6 Å². The van der Waals surface area contributed by atoms with Crippen LogP contribution < -0.4 is 4.90 Å². The second-order valence-corrected chi connectivity index (χ2v) is 9.39. The Kier molecular flexibility index (Phi) is 8.29. The average molecular weight is 514 g/mol. The van der Waals surface area contributed by atoms with Gasteiger partial charge in [-0.05, 0) is 75.3 Å². The zero-order valence-corrected chi connectivity index (χ0v) is 21.6. The molecular weight excluding hydrogens is 482 g/mol. The second kappa shape index (κ2) is 12.4. The van der Waals surface area contributed by atoms with E-state index in [0.717, 1.165) is 56.0 Å². The standard InChI is InChI=1S/C35H31NO3/c37-23-28-5-3-26(4-6-28)1-2-27-9-17-33(18-10-27)36(34-19-11-30(25-39)12-20-34)35-21-15-32(16-22-35)31-13-7-29(24-38)8-14-31/h1-22,37-39H,23-25H2. The molecule has 3 N–H and O–H groups in total. The molecule has 0 saturated heterocycles. The Hall–Kier alpha value is -4.48. The quantitative estimate of drug-likeness (QED) is 0.179. The van der Waals surface area contributed by atoms with Crippen LogP contribution in [-0.4, -0.2) is 15.3 Å². The van der Waals surface area contributed by atoms with Gasteiger partial charge in [-0.2, -0.15) is 0 Å². The van der Waals surface area contributed by atoms with Gasteiger partial charge in [-0.15, -0.1) is 0 Å². The van der Waals surface area contributed by atoms with E-state index in [1.54, 1.807) is 0 Å². The molecule has 0 aliphatic heterocycles. The maximum atomic E-state index is 9.52. The van der Waals surface area contributed by atoms with Crippen molar-refractivity contribution < 1.29 is 15.3 Å². The molecule has 0 aliphatic carbocycles. The van der Waals surface area contributed by atoms with E-state index < -0.39 is 0 Å². The van der Waals surface area contributed by atoms with E-state index in [0.29, 0.717) is 0 Å². The maximum absolute atomic E-state index is 9.52. The van der Waals surface area contributed by atoms with Gasteiger partial charge in [0.1, 0.15) is 0 Å². The van der Waals surface area contributed by atoms with E-state index >= 15 is 0 Å². The van der Waals surface area contributed by atoms with Crippen LogP contribution in [0, 0.1) is 0 Å². The highest BCUT2D eigenvalue weighted by Gasteiger charge is 2.13. The molecule has 0 aliphatic rings. The minimum absolute atomic E-state index is 0.00774. The van der Waals surface area contributed by atoms with Crippen molar-refractivity contribution in [2.24, 2.45) is 0 Å². The molecule has 0 spiro atoms. The summed E-state index contributed by atoms with van der Waals surface area (Å²) >= 11 is 0. The summed E-state index contributed by atoms with van der Waals surface area (Å²) < 4.78 is 0. The lowest BCUT2D eigenvalue weighted by atomic mass is 10.0. The number of hydrogen-bond donors (Lipinski definition) is 3. The molecule has 4 nitrogen and oxygen atoms in total. The normalized spacial score (nSPS) is 11.2. The third-order valence-corrected chi connectivity index (χ3v) is 6.75. The first-order valence-electron chi connectivity index (χ1n) is 12.9. The van der Waals surface area contributed by atoms with Crippen molar-refractivity contribution in [3.8, 4) is 11.1 Å². The number of nitrogens with zero attached hydrogens (tertiary/aromatic N) is 1. The SMILES string of the molecule is OCc1ccc(C=Cc2ccc(N(c3ccc(CO)cc3)c3ccc(-c4ccc(CO)cc4)cc3)cc2)cc1. The molecule has 5 aromatic rings. The van der Waals surface area contributed by atoms with Gasteiger partial charge in [-0.3, -0.25) is 0 Å². The van der Waals surface area contributed by atoms with Crippen molar-refractivity contribution in [3.05, 3.63) is 149 Å². The van der Waals surface area contributed by atoms with Gasteiger partial charge in [0.05, 0.1) is 19.8 Å². The highest BCUT2D eigenvalue weighted by Crippen LogP contribution is 2.36. The van der Waals surface area contributed by atoms with Crippen molar-refractivity contribution in [1.82, 2.24) is 0 Å². The van der Waals surface area contributed by atoms with Crippen LogP contribution in [0.5, 0.6) is 0 Å². The fourth-order valence-corrected chi connectivity index (χ4v) is 4.46. The summed E-state index contributed by atoms with van der Waals surface area (Å²) in [6.45, 7) is 0.0918. The molecule has 5 aromatic carbocycles. The average Bonchev–Trinajstić information content (AvgIpc) is 3.02. The first-order valence-corrected chi connectivity index (χ1v) is 12.9. The number of aliphatic hydroxyl groups is 3. The molecular formula is C35H31NO3. The largest absolute Gasteiger partial charge is 0.392 e. The zero-order chi connectivity index (χ0) is 27.0. The first-order chi connectivity index (χ1) is 19.2. The summed E-state index contributed by atoms with van der Waals surface area (Å²) in [6.07, 6.45) is 4.14. The van der Waals surface area contributed by atoms with Gasteiger partial charge < -0.3 is 20.2 Å². The molecule has 0 aromatic heterocycles. The maximum Gasteiger partial charge on any atom is 0.0681 e. The molecule has 5 rings (SSSR count). The van der Waals surface area contributed by atoms with Gasteiger partial charge in [-0.25, -0.2) is 0 Å². The number of rotatable bonds is 9. The van der Waals surface area contributed by atoms with Gasteiger partial charge in [0, 0.05) is 17.1 Å². The van der Waals surface area contributed by atoms with Gasteiger partial charge in [0.25, 0.3) is 0 Å². The minimum Gasteiger partial charge on any atom is -0.392 e. The molecule has 194 valence electrons. The topological polar surface area (TPSA) is 63.9 Å². The molecule has 0 radical (unpaired) electrons. The highest BCUT2D eigenvalue weighted by atomic mass is 16.3. The second-order valence-electron chi connectivity index (χ2n) is 9.39. The summed E-state index contributed by atoms with van der Waals surface area (Å²) in [5.41, 5.74) is 10.1. The van der Waals surface area contributed by atoms with Crippen LogP contribution in [-0.2, 0) is 19.8 Å². The monoisotopic (exact) mass is 513 g/mol. The lowest BCUT2D eigenvalue weighted by Gasteiger charge is -2.26. The Labute approximate surface area is 229 Å². The Morgan fingerprint density at radius 3 is 1.08 bits per heavy atom. The Bertz CT molecular complexity index is 1500. The summed E-state index contributed by atoms with van der Waals surface area (Å²) in [7, 11) is 0. The van der Waals surface area contributed by atoms with E-state index in [9.17, 15) is 15.3 Å². The van der Waals surface area contributed by atoms with Crippen LogP contribution in [0.2, 0.25) is 0 Å². The smallest absolute Gasteiger partial charge is 0.0681 e. The summed E-state index contributed by atoms with van der Waals surface area (Å²) in [6, 6.07) is 40.6. The minimum atomic E-state index is 0.00774. The van der Waals surface area contributed by atoms with Crippen LogP contribution in [0.3, 0.4) is 0 Å². The molecule has 0 bridgehead atoms. The predicted octanol–water partition coefficient (Wildman–Crippen LogP) is 7.47. The highest BCUT2D eigenvalue weighted by molar-refractivity contribution is 5.79. The van der Waals surface area contributed by atoms with Crippen LogP contribution in [0.4, 0.5) is 17.1 Å². The van der Waals surface area contributed by atoms with E-state index in [1.807, 2.05) is 72.8 Å². The molecule has 0 fully saturated rings. The Morgan fingerprint density at radius 1 is 0.385 bits per heavy atom. The van der Waals surface area contributed by atoms with Crippen LogP contribution in [0.25, 0.3) is 23.3 Å². The first kappa shape index (κ1) is 26.1. The number of aliphatic hydroxyl groups excluding tert-OH is 3. The molecule has 0 heterocycles. The third-order valence-electron chi connectivity index (χ3n) is 6.75. The van der Waals surface area contributed by atoms with Crippen molar-refractivity contribution in [3.63, 3.8) is 0 Å². The van der Waals surface area contributed by atoms with Gasteiger partial charge in [0.2, 0.25) is 0 Å². The lowest BCUT2D eigenvalue weighted by molar-refractivity contribution is 0.281. The molecule has 4 heteroatoms. The summed E-state index contributed by atoms with van der Waals surface area (Å²) in [5.74, 6) is 0. The lowest BCUT2D eigenvalue weighted by Crippen LogP contribution is -2.10. The third kappa shape index (κ3) is 6.33. The van der Waals surface area contributed by atoms with E-state index in [-0.39, 0.29) is 19.8 Å². The van der Waals surface area contributed by atoms with Crippen molar-refractivity contribution in [2.45, 2.75) is 19.8 Å².